The molecule has 1 aliphatic heterocycles. The lowest BCUT2D eigenvalue weighted by molar-refractivity contribution is -0.122. The average Bonchev–Trinajstić information content (AvgIpc) is 2.60. The molecule has 7 heteroatoms. The van der Waals surface area contributed by atoms with Crippen LogP contribution in [0.2, 0.25) is 0 Å². The summed E-state index contributed by atoms with van der Waals surface area (Å²) in [7, 11) is -2.31. The number of nitrogens with zero attached hydrogens (tertiary/aromatic N) is 1. The van der Waals surface area contributed by atoms with Crippen molar-refractivity contribution in [3.05, 3.63) is 59.7 Å². The lowest BCUT2D eigenvalue weighted by atomic mass is 9.89. The molecule has 2 aromatic rings. The molecule has 0 aliphatic carbocycles. The Balaban J connectivity index is 1.75. The maximum absolute atomic E-state index is 12.6. The standard InChI is InChI=1S/C21H26N2O4S/c1-15-10-11-17-18(13-21(2,3)27-19(17)12-15)22-20(24)14-23(4)28(25,26)16-8-6-5-7-9-16/h5-12,18H,13-14H2,1-4H3,(H,22,24). The van der Waals surface area contributed by atoms with Crippen LogP contribution in [0.3, 0.4) is 0 Å². The first kappa shape index (κ1) is 20.4. The quantitative estimate of drug-likeness (QED) is 0.834. The molecule has 0 bridgehead atoms. The second kappa shape index (κ2) is 7.56. The number of hydrogen-bond acceptors (Lipinski definition) is 4. The van der Waals surface area contributed by atoms with Crippen LogP contribution in [0, 0.1) is 6.92 Å². The molecule has 6 nitrogen and oxygen atoms in total. The maximum atomic E-state index is 12.6. The van der Waals surface area contributed by atoms with Gasteiger partial charge in [-0.2, -0.15) is 4.31 Å². The Hall–Kier alpha value is -2.38. The van der Waals surface area contributed by atoms with E-state index in [1.165, 1.54) is 19.2 Å². The fourth-order valence-electron chi connectivity index (χ4n) is 3.39. The van der Waals surface area contributed by atoms with E-state index < -0.39 is 15.6 Å². The van der Waals surface area contributed by atoms with Gasteiger partial charge in [-0.1, -0.05) is 30.3 Å². The predicted molar refractivity (Wildman–Crippen MR) is 108 cm³/mol. The van der Waals surface area contributed by atoms with Crippen LogP contribution >= 0.6 is 0 Å². The Bertz CT molecular complexity index is 971. The van der Waals surface area contributed by atoms with Gasteiger partial charge in [0.1, 0.15) is 11.4 Å². The van der Waals surface area contributed by atoms with Crippen LogP contribution in [-0.4, -0.2) is 37.8 Å². The van der Waals surface area contributed by atoms with Gasteiger partial charge in [0, 0.05) is 19.0 Å². The molecule has 1 heterocycles. The van der Waals surface area contributed by atoms with Crippen molar-refractivity contribution >= 4 is 15.9 Å². The molecule has 3 rings (SSSR count). The molecule has 0 radical (unpaired) electrons. The summed E-state index contributed by atoms with van der Waals surface area (Å²) in [6.45, 7) is 5.69. The third-order valence-electron chi connectivity index (χ3n) is 4.78. The van der Waals surface area contributed by atoms with Crippen LogP contribution in [0.4, 0.5) is 0 Å². The second-order valence-corrected chi connectivity index (χ2v) is 9.85. The number of nitrogens with one attached hydrogen (secondary N) is 1. The van der Waals surface area contributed by atoms with Gasteiger partial charge < -0.3 is 10.1 Å². The van der Waals surface area contributed by atoms with E-state index in [2.05, 4.69) is 5.32 Å². The fourth-order valence-corrected chi connectivity index (χ4v) is 4.54. The van der Waals surface area contributed by atoms with Crippen molar-refractivity contribution < 1.29 is 17.9 Å². The summed E-state index contributed by atoms with van der Waals surface area (Å²) in [6, 6.07) is 13.8. The molecule has 150 valence electrons. The smallest absolute Gasteiger partial charge is 0.243 e. The first-order chi connectivity index (χ1) is 13.1. The largest absolute Gasteiger partial charge is 0.487 e. The van der Waals surface area contributed by atoms with E-state index in [1.807, 2.05) is 39.0 Å². The predicted octanol–water partition coefficient (Wildman–Crippen LogP) is 3.03. The highest BCUT2D eigenvalue weighted by atomic mass is 32.2. The van der Waals surface area contributed by atoms with Crippen molar-refractivity contribution in [2.24, 2.45) is 0 Å². The number of aryl methyl sites for hydroxylation is 1. The van der Waals surface area contributed by atoms with E-state index in [-0.39, 0.29) is 23.4 Å². The van der Waals surface area contributed by atoms with Crippen LogP contribution in [0.5, 0.6) is 5.75 Å². The van der Waals surface area contributed by atoms with Crippen molar-refractivity contribution in [2.45, 2.75) is 43.7 Å². The zero-order valence-electron chi connectivity index (χ0n) is 16.6. The number of rotatable bonds is 5. The normalized spacial score (nSPS) is 18.2. The molecule has 1 aliphatic rings. The Kier molecular flexibility index (Phi) is 5.50. The Labute approximate surface area is 166 Å². The molecule has 1 unspecified atom stereocenters. The molecule has 0 aromatic heterocycles. The molecular weight excluding hydrogens is 376 g/mol. The van der Waals surface area contributed by atoms with Gasteiger partial charge in [-0.3, -0.25) is 4.79 Å². The number of hydrogen-bond donors (Lipinski definition) is 1. The second-order valence-electron chi connectivity index (χ2n) is 7.80. The number of benzene rings is 2. The van der Waals surface area contributed by atoms with Gasteiger partial charge in [0.2, 0.25) is 15.9 Å². The summed E-state index contributed by atoms with van der Waals surface area (Å²) >= 11 is 0. The van der Waals surface area contributed by atoms with Crippen molar-refractivity contribution in [1.82, 2.24) is 9.62 Å². The summed E-state index contributed by atoms with van der Waals surface area (Å²) in [4.78, 5) is 12.8. The third-order valence-corrected chi connectivity index (χ3v) is 6.60. The highest BCUT2D eigenvalue weighted by Crippen LogP contribution is 2.39. The van der Waals surface area contributed by atoms with Gasteiger partial charge in [-0.15, -0.1) is 0 Å². The molecule has 1 N–H and O–H groups in total. The molecule has 1 amide bonds. The third kappa shape index (κ3) is 4.36. The number of fused-ring (bicyclic) bond motifs is 1. The lowest BCUT2D eigenvalue weighted by Gasteiger charge is -2.38. The molecule has 0 saturated carbocycles. The van der Waals surface area contributed by atoms with Crippen molar-refractivity contribution in [2.75, 3.05) is 13.6 Å². The molecule has 28 heavy (non-hydrogen) atoms. The summed E-state index contributed by atoms with van der Waals surface area (Å²) < 4.78 is 32.4. The first-order valence-electron chi connectivity index (χ1n) is 9.19. The van der Waals surface area contributed by atoms with E-state index in [0.717, 1.165) is 21.2 Å². The number of carbonyl (C=O) groups is 1. The van der Waals surface area contributed by atoms with Crippen LogP contribution in [-0.2, 0) is 14.8 Å². The van der Waals surface area contributed by atoms with E-state index in [1.54, 1.807) is 18.2 Å². The van der Waals surface area contributed by atoms with Crippen LogP contribution in [0.1, 0.15) is 37.4 Å². The Morgan fingerprint density at radius 2 is 1.89 bits per heavy atom. The fraction of sp³-hybridized carbons (Fsp3) is 0.381. The molecule has 0 spiro atoms. The van der Waals surface area contributed by atoms with Gasteiger partial charge in [0.05, 0.1) is 17.5 Å². The monoisotopic (exact) mass is 402 g/mol. The van der Waals surface area contributed by atoms with Gasteiger partial charge in [0.25, 0.3) is 0 Å². The molecule has 0 saturated heterocycles. The average molecular weight is 403 g/mol. The summed E-state index contributed by atoms with van der Waals surface area (Å²) in [6.07, 6.45) is 0.601. The highest BCUT2D eigenvalue weighted by Gasteiger charge is 2.35. The number of amides is 1. The minimum absolute atomic E-state index is 0.165. The molecular formula is C21H26N2O4S. The van der Waals surface area contributed by atoms with Crippen molar-refractivity contribution in [1.29, 1.82) is 0 Å². The molecule has 1 atom stereocenters. The van der Waals surface area contributed by atoms with Crippen molar-refractivity contribution in [3.8, 4) is 5.75 Å². The van der Waals surface area contributed by atoms with Gasteiger partial charge in [-0.05, 0) is 44.5 Å². The highest BCUT2D eigenvalue weighted by molar-refractivity contribution is 7.89. The minimum atomic E-state index is -3.72. The van der Waals surface area contributed by atoms with Gasteiger partial charge in [0.15, 0.2) is 0 Å². The summed E-state index contributed by atoms with van der Waals surface area (Å²) in [5.74, 6) is 0.406. The molecule has 0 fully saturated rings. The van der Waals surface area contributed by atoms with E-state index in [0.29, 0.717) is 6.42 Å². The minimum Gasteiger partial charge on any atom is -0.487 e. The SMILES string of the molecule is Cc1ccc2c(c1)OC(C)(C)CC2NC(=O)CN(C)S(=O)(=O)c1ccccc1. The maximum Gasteiger partial charge on any atom is 0.243 e. The van der Waals surface area contributed by atoms with E-state index >= 15 is 0 Å². The number of likely N-dealkylation sites (N-methyl/N-ethyl adjacent to an activating group) is 1. The lowest BCUT2D eigenvalue weighted by Crippen LogP contribution is -2.44. The van der Waals surface area contributed by atoms with Crippen LogP contribution < -0.4 is 10.1 Å². The van der Waals surface area contributed by atoms with Gasteiger partial charge >= 0.3 is 0 Å². The van der Waals surface area contributed by atoms with E-state index in [4.69, 9.17) is 4.74 Å². The summed E-state index contributed by atoms with van der Waals surface area (Å²) in [5, 5.41) is 2.98. The topological polar surface area (TPSA) is 75.7 Å². The number of carbonyl (C=O) groups excluding carboxylic acids is 1. The Morgan fingerprint density at radius 1 is 1.21 bits per heavy atom. The van der Waals surface area contributed by atoms with Gasteiger partial charge in [-0.25, -0.2) is 8.42 Å². The van der Waals surface area contributed by atoms with Crippen molar-refractivity contribution in [3.63, 3.8) is 0 Å². The first-order valence-corrected chi connectivity index (χ1v) is 10.6. The summed E-state index contributed by atoms with van der Waals surface area (Å²) in [5.41, 5.74) is 1.56. The Morgan fingerprint density at radius 3 is 2.57 bits per heavy atom. The zero-order chi connectivity index (χ0) is 20.5. The number of ether oxygens (including phenoxy) is 1. The number of sulfonamides is 1. The van der Waals surface area contributed by atoms with Crippen LogP contribution in [0.25, 0.3) is 0 Å². The zero-order valence-corrected chi connectivity index (χ0v) is 17.4. The van der Waals surface area contributed by atoms with E-state index in [9.17, 15) is 13.2 Å². The molecule has 2 aromatic carbocycles. The van der Waals surface area contributed by atoms with Crippen LogP contribution in [0.15, 0.2) is 53.4 Å².